The van der Waals surface area contributed by atoms with E-state index in [1.54, 1.807) is 31.2 Å². The quantitative estimate of drug-likeness (QED) is 0.131. The van der Waals surface area contributed by atoms with Crippen molar-refractivity contribution >= 4 is 34.8 Å². The number of carbonyl (C=O) groups excluding carboxylic acids is 1. The van der Waals surface area contributed by atoms with Crippen molar-refractivity contribution in [3.63, 3.8) is 0 Å². The second-order valence-electron chi connectivity index (χ2n) is 9.83. The first kappa shape index (κ1) is 29.5. The van der Waals surface area contributed by atoms with Crippen molar-refractivity contribution in [3.05, 3.63) is 143 Å². The number of non-ortho nitro benzene ring substituents is 1. The lowest BCUT2D eigenvalue weighted by atomic mass is 9.93. The molecule has 0 N–H and O–H groups in total. The first-order valence-electron chi connectivity index (χ1n) is 13.8. The van der Waals surface area contributed by atoms with Crippen molar-refractivity contribution in [1.82, 2.24) is 4.57 Å². The lowest BCUT2D eigenvalue weighted by Crippen LogP contribution is -2.40. The number of thiazole rings is 1. The standard InChI is InChI=1S/C33H24FN3O7S/c1-3-43-32(39)28-29(19-7-5-4-6-8-19)35-33-36(30(28)20-9-11-21(34)12-10-20)31(38)27(45-33)18-23-14-16-26(44-23)24-17-22(37(40)41)13-15-25(24)42-2/h4-18,30H,3H2,1-2H3/b27-18-/t30-/m1/s1. The van der Waals surface area contributed by atoms with Crippen molar-refractivity contribution in [2.75, 3.05) is 13.7 Å². The van der Waals surface area contributed by atoms with Crippen LogP contribution in [0.5, 0.6) is 5.75 Å². The summed E-state index contributed by atoms with van der Waals surface area (Å²) in [5.41, 5.74) is 1.41. The fourth-order valence-corrected chi connectivity index (χ4v) is 6.09. The number of aromatic nitrogens is 1. The van der Waals surface area contributed by atoms with Crippen LogP contribution in [-0.2, 0) is 9.53 Å². The molecule has 1 aliphatic heterocycles. The predicted molar refractivity (Wildman–Crippen MR) is 165 cm³/mol. The summed E-state index contributed by atoms with van der Waals surface area (Å²) < 4.78 is 32.4. The number of halogens is 1. The number of furan rings is 1. The van der Waals surface area contributed by atoms with Gasteiger partial charge in [0.1, 0.15) is 23.1 Å². The summed E-state index contributed by atoms with van der Waals surface area (Å²) in [6.07, 6.45) is 1.54. The average molecular weight is 626 g/mol. The molecule has 0 unspecified atom stereocenters. The number of ether oxygens (including phenoxy) is 2. The van der Waals surface area contributed by atoms with Gasteiger partial charge in [0.2, 0.25) is 0 Å². The van der Waals surface area contributed by atoms with Gasteiger partial charge in [-0.2, -0.15) is 0 Å². The van der Waals surface area contributed by atoms with Crippen LogP contribution in [0.25, 0.3) is 23.1 Å². The summed E-state index contributed by atoms with van der Waals surface area (Å²) in [7, 11) is 1.45. The smallest absolute Gasteiger partial charge is 0.338 e. The number of nitro benzene ring substituents is 1. The van der Waals surface area contributed by atoms with Gasteiger partial charge >= 0.3 is 5.97 Å². The third-order valence-corrected chi connectivity index (χ3v) is 8.10. The van der Waals surface area contributed by atoms with Gasteiger partial charge in [0.05, 0.1) is 46.0 Å². The number of fused-ring (bicyclic) bond motifs is 1. The summed E-state index contributed by atoms with van der Waals surface area (Å²) >= 11 is 1.10. The Morgan fingerprint density at radius 3 is 2.56 bits per heavy atom. The van der Waals surface area contributed by atoms with Crippen LogP contribution < -0.4 is 19.6 Å². The highest BCUT2D eigenvalue weighted by atomic mass is 32.1. The summed E-state index contributed by atoms with van der Waals surface area (Å²) in [5.74, 6) is -0.139. The van der Waals surface area contributed by atoms with Crippen LogP contribution in [0.1, 0.15) is 29.9 Å². The minimum atomic E-state index is -0.959. The number of hydrogen-bond acceptors (Lipinski definition) is 9. The summed E-state index contributed by atoms with van der Waals surface area (Å²) in [5, 5.41) is 11.4. The van der Waals surface area contributed by atoms with Gasteiger partial charge in [-0.1, -0.05) is 53.8 Å². The Kier molecular flexibility index (Phi) is 7.97. The number of nitro groups is 1. The second-order valence-corrected chi connectivity index (χ2v) is 10.8. The SMILES string of the molecule is CCOC(=O)C1=C(c2ccccc2)N=c2s/c(=C\c3ccc(-c4cc([N+](=O)[O-])ccc4OC)o3)c(=O)n2[C@@H]1c1ccc(F)cc1. The van der Waals surface area contributed by atoms with Gasteiger partial charge in [0, 0.05) is 23.8 Å². The Hall–Kier alpha value is -5.62. The highest BCUT2D eigenvalue weighted by molar-refractivity contribution is 7.07. The third-order valence-electron chi connectivity index (χ3n) is 7.12. The third kappa shape index (κ3) is 5.58. The zero-order valence-corrected chi connectivity index (χ0v) is 24.7. The van der Waals surface area contributed by atoms with E-state index in [-0.39, 0.29) is 22.4 Å². The van der Waals surface area contributed by atoms with Crippen molar-refractivity contribution < 1.29 is 28.0 Å². The molecule has 0 radical (unpaired) electrons. The number of carbonyl (C=O) groups is 1. The highest BCUT2D eigenvalue weighted by Crippen LogP contribution is 2.36. The molecule has 5 aromatic rings. The molecule has 0 spiro atoms. The van der Waals surface area contributed by atoms with Crippen molar-refractivity contribution in [1.29, 1.82) is 0 Å². The largest absolute Gasteiger partial charge is 0.496 e. The van der Waals surface area contributed by atoms with E-state index in [0.717, 1.165) is 11.3 Å². The van der Waals surface area contributed by atoms with Crippen LogP contribution in [-0.4, -0.2) is 29.2 Å². The maximum Gasteiger partial charge on any atom is 0.338 e. The Bertz CT molecular complexity index is 2150. The summed E-state index contributed by atoms with van der Waals surface area (Å²) in [6, 6.07) is 21.1. The Morgan fingerprint density at radius 2 is 1.87 bits per heavy atom. The summed E-state index contributed by atoms with van der Waals surface area (Å²) in [6.45, 7) is 1.78. The van der Waals surface area contributed by atoms with E-state index < -0.39 is 28.3 Å². The second kappa shape index (κ2) is 12.2. The molecule has 3 heterocycles. The highest BCUT2D eigenvalue weighted by Gasteiger charge is 2.35. The van der Waals surface area contributed by atoms with Gasteiger partial charge in [-0.3, -0.25) is 19.5 Å². The van der Waals surface area contributed by atoms with Crippen molar-refractivity contribution in [3.8, 4) is 17.1 Å². The van der Waals surface area contributed by atoms with E-state index in [4.69, 9.17) is 18.9 Å². The van der Waals surface area contributed by atoms with Gasteiger partial charge in [-0.05, 0) is 42.8 Å². The number of methoxy groups -OCH3 is 1. The van der Waals surface area contributed by atoms with Crippen LogP contribution in [0.3, 0.4) is 0 Å². The van der Waals surface area contributed by atoms with E-state index in [0.29, 0.717) is 44.5 Å². The number of esters is 1. The maximum absolute atomic E-state index is 14.0. The van der Waals surface area contributed by atoms with Crippen LogP contribution in [0.2, 0.25) is 0 Å². The van der Waals surface area contributed by atoms with E-state index in [1.165, 1.54) is 60.2 Å². The first-order valence-corrected chi connectivity index (χ1v) is 14.6. The fourth-order valence-electron chi connectivity index (χ4n) is 5.11. The molecule has 12 heteroatoms. The molecule has 1 atom stereocenters. The van der Waals surface area contributed by atoms with Crippen LogP contribution in [0.4, 0.5) is 10.1 Å². The molecular weight excluding hydrogens is 601 g/mol. The molecule has 0 fully saturated rings. The van der Waals surface area contributed by atoms with Gasteiger partial charge < -0.3 is 13.9 Å². The van der Waals surface area contributed by atoms with Gasteiger partial charge in [-0.15, -0.1) is 0 Å². The molecule has 45 heavy (non-hydrogen) atoms. The van der Waals surface area contributed by atoms with Crippen molar-refractivity contribution in [2.45, 2.75) is 13.0 Å². The van der Waals surface area contributed by atoms with Crippen molar-refractivity contribution in [2.24, 2.45) is 4.99 Å². The lowest BCUT2D eigenvalue weighted by Gasteiger charge is -2.25. The van der Waals surface area contributed by atoms with E-state index >= 15 is 0 Å². The molecule has 10 nitrogen and oxygen atoms in total. The minimum Gasteiger partial charge on any atom is -0.496 e. The van der Waals surface area contributed by atoms with Crippen LogP contribution >= 0.6 is 11.3 Å². The zero-order valence-electron chi connectivity index (χ0n) is 23.9. The molecule has 6 rings (SSSR count). The topological polar surface area (TPSA) is 126 Å². The number of nitrogens with zero attached hydrogens (tertiary/aromatic N) is 3. The molecule has 2 aromatic heterocycles. The molecule has 3 aromatic carbocycles. The number of hydrogen-bond donors (Lipinski definition) is 0. The van der Waals surface area contributed by atoms with Crippen LogP contribution in [0, 0.1) is 15.9 Å². The van der Waals surface area contributed by atoms with Gasteiger partial charge in [-0.25, -0.2) is 14.2 Å². The normalized spacial score (nSPS) is 14.6. The first-order chi connectivity index (χ1) is 21.8. The van der Waals surface area contributed by atoms with E-state index in [9.17, 15) is 24.1 Å². The summed E-state index contributed by atoms with van der Waals surface area (Å²) in [4.78, 5) is 43.5. The maximum atomic E-state index is 14.0. The molecule has 0 saturated carbocycles. The Morgan fingerprint density at radius 1 is 1.11 bits per heavy atom. The average Bonchev–Trinajstić information content (AvgIpc) is 3.64. The molecule has 226 valence electrons. The van der Waals surface area contributed by atoms with E-state index in [2.05, 4.69) is 0 Å². The number of rotatable bonds is 8. The van der Waals surface area contributed by atoms with Crippen LogP contribution in [0.15, 0.2) is 105 Å². The van der Waals surface area contributed by atoms with Gasteiger partial charge in [0.15, 0.2) is 4.80 Å². The molecule has 0 bridgehead atoms. The fraction of sp³-hybridized carbons (Fsp3) is 0.121. The molecule has 0 amide bonds. The Labute approximate surface area is 258 Å². The number of benzene rings is 3. The lowest BCUT2D eigenvalue weighted by molar-refractivity contribution is -0.384. The molecular formula is C33H24FN3O7S. The minimum absolute atomic E-state index is 0.0984. The zero-order chi connectivity index (χ0) is 31.7. The van der Waals surface area contributed by atoms with E-state index in [1.807, 2.05) is 18.2 Å². The predicted octanol–water partition coefficient (Wildman–Crippen LogP) is 5.25. The monoisotopic (exact) mass is 625 g/mol. The molecule has 1 aliphatic rings. The Balaban J connectivity index is 1.54. The van der Waals surface area contributed by atoms with Gasteiger partial charge in [0.25, 0.3) is 11.2 Å². The molecule has 0 saturated heterocycles. The molecule has 0 aliphatic carbocycles.